The van der Waals surface area contributed by atoms with Crippen molar-refractivity contribution in [1.82, 2.24) is 4.98 Å². The summed E-state index contributed by atoms with van der Waals surface area (Å²) in [7, 11) is -2.34. The van der Waals surface area contributed by atoms with Gasteiger partial charge in [0.25, 0.3) is 0 Å². The first kappa shape index (κ1) is 12.7. The summed E-state index contributed by atoms with van der Waals surface area (Å²) < 4.78 is 11.9. The number of rotatable bonds is 3. The highest BCUT2D eigenvalue weighted by Crippen LogP contribution is 2.03. The predicted molar refractivity (Wildman–Crippen MR) is 71.4 cm³/mol. The summed E-state index contributed by atoms with van der Waals surface area (Å²) in [5.41, 5.74) is 0.491. The molecule has 0 spiro atoms. The fourth-order valence-electron chi connectivity index (χ4n) is 1.44. The van der Waals surface area contributed by atoms with Crippen LogP contribution in [0.1, 0.15) is 10.4 Å². The van der Waals surface area contributed by atoms with Crippen LogP contribution in [0.25, 0.3) is 0 Å². The topological polar surface area (TPSA) is 46.2 Å². The molecule has 0 bridgehead atoms. The number of hydrogen-bond acceptors (Lipinski definition) is 2. The van der Waals surface area contributed by atoms with Gasteiger partial charge in [-0.2, -0.15) is 0 Å². The van der Waals surface area contributed by atoms with E-state index in [9.17, 15) is 9.26 Å². The Morgan fingerprint density at radius 1 is 1.00 bits per heavy atom. The van der Waals surface area contributed by atoms with E-state index in [0.717, 1.165) is 0 Å². The summed E-state index contributed by atoms with van der Waals surface area (Å²) in [4.78, 5) is 14.3. The summed E-state index contributed by atoms with van der Waals surface area (Å²) in [6.45, 7) is 0. The summed E-state index contributed by atoms with van der Waals surface area (Å²) in [6.07, 6.45) is 0. The van der Waals surface area contributed by atoms with E-state index in [2.05, 4.69) is 4.98 Å². The van der Waals surface area contributed by atoms with Crippen LogP contribution >= 0.6 is 11.6 Å². The number of amides is 1. The fraction of sp³-hybridized carbons (Fsp3) is 0. The van der Waals surface area contributed by atoms with Gasteiger partial charge in [-0.1, -0.05) is 41.9 Å². The molecule has 0 atom stereocenters. The summed E-state index contributed by atoms with van der Waals surface area (Å²) in [6, 6.07) is 15.3. The van der Waals surface area contributed by atoms with Crippen molar-refractivity contribution in [3.05, 3.63) is 65.2 Å². The van der Waals surface area contributed by atoms with Crippen LogP contribution in [0, 0.1) is 0 Å². The molecule has 0 aliphatic rings. The van der Waals surface area contributed by atoms with Gasteiger partial charge in [0.2, 0.25) is 5.91 Å². The maximum absolute atomic E-state index is 11.9. The third-order valence-electron chi connectivity index (χ3n) is 2.37. The third-order valence-corrected chi connectivity index (χ3v) is 3.93. The van der Waals surface area contributed by atoms with Gasteiger partial charge in [0.1, 0.15) is 0 Å². The zero-order chi connectivity index (χ0) is 13.0. The van der Waals surface area contributed by atoms with Crippen LogP contribution in [0.5, 0.6) is 0 Å². The van der Waals surface area contributed by atoms with Crippen molar-refractivity contribution in [3.8, 4) is 0 Å². The summed E-state index contributed by atoms with van der Waals surface area (Å²) in [5.74, 6) is -0.338. The van der Waals surface area contributed by atoms with E-state index in [1.807, 2.05) is 6.07 Å². The lowest BCUT2D eigenvalue weighted by Crippen LogP contribution is -2.40. The zero-order valence-electron chi connectivity index (χ0n) is 9.39. The molecule has 0 fully saturated rings. The number of hydrogen-bond donors (Lipinski definition) is 1. The van der Waals surface area contributed by atoms with Crippen molar-refractivity contribution in [1.29, 1.82) is 0 Å². The minimum Gasteiger partial charge on any atom is -0.353 e. The highest BCUT2D eigenvalue weighted by molar-refractivity contribution is 6.60. The number of carbonyl (C=O) groups is 1. The molecule has 90 valence electrons. The van der Waals surface area contributed by atoms with Crippen LogP contribution in [-0.4, -0.2) is 14.8 Å². The number of carbonyl (C=O) groups excluding carboxylic acids is 1. The Morgan fingerprint density at radius 3 is 2.22 bits per heavy atom. The molecule has 0 unspecified atom stereocenters. The van der Waals surface area contributed by atoms with Crippen molar-refractivity contribution in [2.75, 3.05) is 0 Å². The van der Waals surface area contributed by atoms with Crippen molar-refractivity contribution in [2.24, 2.45) is 0 Å². The molecule has 2 aromatic rings. The van der Waals surface area contributed by atoms with Crippen LogP contribution in [0.4, 0.5) is 0 Å². The number of nitrogens with one attached hydrogen (secondary N) is 1. The van der Waals surface area contributed by atoms with Crippen molar-refractivity contribution in [2.45, 2.75) is 0 Å². The lowest BCUT2D eigenvalue weighted by atomic mass is 10.2. The minimum absolute atomic E-state index is 0.338. The Labute approximate surface area is 111 Å². The summed E-state index contributed by atoms with van der Waals surface area (Å²) >= 11 is 5.74. The maximum Gasteiger partial charge on any atom is 0.435 e. The Kier molecular flexibility index (Phi) is 4.02. The van der Waals surface area contributed by atoms with Gasteiger partial charge in [-0.15, -0.1) is 0 Å². The average Bonchev–Trinajstić information content (AvgIpc) is 2.40. The molecule has 5 heteroatoms. The lowest BCUT2D eigenvalue weighted by Gasteiger charge is -2.02. The molecule has 3 nitrogen and oxygen atoms in total. The molecule has 0 aliphatic heterocycles. The second kappa shape index (κ2) is 5.71. The molecule has 18 heavy (non-hydrogen) atoms. The first-order valence-corrected chi connectivity index (χ1v) is 7.12. The van der Waals surface area contributed by atoms with Crippen LogP contribution in [0.15, 0.2) is 54.6 Å². The molecule has 0 aromatic heterocycles. The zero-order valence-corrected chi connectivity index (χ0v) is 11.1. The number of benzene rings is 2. The van der Waals surface area contributed by atoms with Gasteiger partial charge in [0, 0.05) is 15.8 Å². The Balaban J connectivity index is 2.08. The van der Waals surface area contributed by atoms with E-state index in [1.54, 1.807) is 48.5 Å². The first-order chi connectivity index (χ1) is 8.66. The quantitative estimate of drug-likeness (QED) is 0.870. The van der Waals surface area contributed by atoms with E-state index < -0.39 is 8.84 Å². The van der Waals surface area contributed by atoms with Gasteiger partial charge in [-0.3, -0.25) is 4.79 Å². The second-order valence-corrected chi connectivity index (χ2v) is 5.58. The van der Waals surface area contributed by atoms with E-state index in [1.165, 1.54) is 0 Å². The SMILES string of the molecule is O=C(N[Si](=O)c1ccc(Cl)cc1)c1ccccc1. The predicted octanol–water partition coefficient (Wildman–Crippen LogP) is 1.90. The van der Waals surface area contributed by atoms with E-state index in [4.69, 9.17) is 11.6 Å². The van der Waals surface area contributed by atoms with Gasteiger partial charge in [-0.25, -0.2) is 0 Å². The molecule has 2 aromatic carbocycles. The lowest BCUT2D eigenvalue weighted by molar-refractivity contribution is 0.0978. The second-order valence-electron chi connectivity index (χ2n) is 3.66. The Morgan fingerprint density at radius 2 is 1.61 bits per heavy atom. The minimum atomic E-state index is -2.34. The molecule has 1 amide bonds. The molecular weight excluding hydrogens is 266 g/mol. The standard InChI is InChI=1S/C13H10ClNO2Si/c14-11-6-8-12(9-7-11)18(17)15-13(16)10-4-2-1-3-5-10/h1-9H,(H,15,16). The normalized spacial score (nSPS) is 9.83. The smallest absolute Gasteiger partial charge is 0.353 e. The molecule has 0 heterocycles. The number of halogens is 1. The van der Waals surface area contributed by atoms with Crippen LogP contribution in [-0.2, 0) is 4.46 Å². The average molecular weight is 276 g/mol. The van der Waals surface area contributed by atoms with Crippen LogP contribution < -0.4 is 10.2 Å². The highest BCUT2D eigenvalue weighted by atomic mass is 35.5. The Hall–Kier alpha value is -1.78. The van der Waals surface area contributed by atoms with Gasteiger partial charge < -0.3 is 9.44 Å². The van der Waals surface area contributed by atoms with Crippen LogP contribution in [0.2, 0.25) is 5.02 Å². The van der Waals surface area contributed by atoms with Gasteiger partial charge in [-0.05, 0) is 24.3 Å². The van der Waals surface area contributed by atoms with Gasteiger partial charge in [0.05, 0.1) is 0 Å². The monoisotopic (exact) mass is 275 g/mol. The first-order valence-electron chi connectivity index (χ1n) is 5.33. The molecule has 0 radical (unpaired) electrons. The molecule has 2 rings (SSSR count). The van der Waals surface area contributed by atoms with Crippen molar-refractivity contribution < 1.29 is 9.26 Å². The third kappa shape index (κ3) is 3.12. The van der Waals surface area contributed by atoms with E-state index in [-0.39, 0.29) is 5.91 Å². The molecule has 1 N–H and O–H groups in total. The largest absolute Gasteiger partial charge is 0.435 e. The van der Waals surface area contributed by atoms with E-state index >= 15 is 0 Å². The molecular formula is C13H10ClNO2Si. The molecule has 0 aliphatic carbocycles. The van der Waals surface area contributed by atoms with Gasteiger partial charge >= 0.3 is 8.84 Å². The summed E-state index contributed by atoms with van der Waals surface area (Å²) in [5, 5.41) is 1.15. The fourth-order valence-corrected chi connectivity index (χ4v) is 2.53. The van der Waals surface area contributed by atoms with Gasteiger partial charge in [0.15, 0.2) is 0 Å². The van der Waals surface area contributed by atoms with Crippen molar-refractivity contribution in [3.63, 3.8) is 0 Å². The molecule has 0 saturated heterocycles. The highest BCUT2D eigenvalue weighted by Gasteiger charge is 2.14. The Bertz CT molecular complexity index is 569. The van der Waals surface area contributed by atoms with E-state index in [0.29, 0.717) is 15.8 Å². The van der Waals surface area contributed by atoms with Crippen molar-refractivity contribution >= 4 is 31.5 Å². The maximum atomic E-state index is 11.9. The van der Waals surface area contributed by atoms with Crippen LogP contribution in [0.3, 0.4) is 0 Å². The molecule has 0 saturated carbocycles.